The van der Waals surface area contributed by atoms with Crippen LogP contribution in [0.3, 0.4) is 0 Å². The summed E-state index contributed by atoms with van der Waals surface area (Å²) in [6, 6.07) is 12.6. The topological polar surface area (TPSA) is 61.0 Å². The van der Waals surface area contributed by atoms with Crippen molar-refractivity contribution in [3.63, 3.8) is 0 Å². The van der Waals surface area contributed by atoms with E-state index < -0.39 is 0 Å². The second-order valence-electron chi connectivity index (χ2n) is 6.56. The first-order valence-electron chi connectivity index (χ1n) is 8.86. The van der Waals surface area contributed by atoms with Gasteiger partial charge in [-0.05, 0) is 37.4 Å². The summed E-state index contributed by atoms with van der Waals surface area (Å²) in [6.45, 7) is 5.04. The number of piperidine rings is 1. The minimum absolute atomic E-state index is 0.0693. The van der Waals surface area contributed by atoms with Crippen molar-refractivity contribution < 1.29 is 4.79 Å². The number of nitrogens with one attached hydrogen (secondary N) is 2. The number of carbonyl (C=O) groups excluding carboxylic acids is 1. The average molecular weight is 326 g/mol. The molecule has 5 heteroatoms. The third-order valence-electron chi connectivity index (χ3n) is 4.47. The van der Waals surface area contributed by atoms with Gasteiger partial charge in [0.1, 0.15) is 5.69 Å². The number of carbonyl (C=O) groups is 1. The van der Waals surface area contributed by atoms with E-state index in [1.807, 2.05) is 12.1 Å². The van der Waals surface area contributed by atoms with Crippen molar-refractivity contribution >= 4 is 5.91 Å². The van der Waals surface area contributed by atoms with Crippen LogP contribution in [0.2, 0.25) is 0 Å². The maximum absolute atomic E-state index is 12.4. The summed E-state index contributed by atoms with van der Waals surface area (Å²) in [6.07, 6.45) is 4.11. The number of nitrogens with zero attached hydrogens (tertiary/aromatic N) is 2. The lowest BCUT2D eigenvalue weighted by Crippen LogP contribution is -2.47. The predicted molar refractivity (Wildman–Crippen MR) is 94.8 cm³/mol. The third kappa shape index (κ3) is 4.45. The Labute approximate surface area is 143 Å². The average Bonchev–Trinajstić information content (AvgIpc) is 3.05. The fourth-order valence-electron chi connectivity index (χ4n) is 3.29. The summed E-state index contributed by atoms with van der Waals surface area (Å²) in [5.74, 6) is -0.0693. The van der Waals surface area contributed by atoms with Crippen molar-refractivity contribution in [1.82, 2.24) is 20.4 Å². The number of aromatic nitrogens is 2. The van der Waals surface area contributed by atoms with E-state index in [4.69, 9.17) is 0 Å². The van der Waals surface area contributed by atoms with E-state index in [1.54, 1.807) is 0 Å². The van der Waals surface area contributed by atoms with Gasteiger partial charge in [-0.25, -0.2) is 0 Å². The Kier molecular flexibility index (Phi) is 5.64. The van der Waals surface area contributed by atoms with Crippen LogP contribution in [0.5, 0.6) is 0 Å². The zero-order valence-electron chi connectivity index (χ0n) is 14.3. The molecule has 1 aromatic carbocycles. The molecule has 1 aliphatic rings. The maximum atomic E-state index is 12.4. The first-order chi connectivity index (χ1) is 11.7. The van der Waals surface area contributed by atoms with Crippen LogP contribution in [0.25, 0.3) is 0 Å². The highest BCUT2D eigenvalue weighted by Gasteiger charge is 2.22. The molecule has 1 unspecified atom stereocenters. The smallest absolute Gasteiger partial charge is 0.272 e. The molecule has 0 saturated carbocycles. The minimum Gasteiger partial charge on any atom is -0.347 e. The van der Waals surface area contributed by atoms with Crippen LogP contribution >= 0.6 is 0 Å². The van der Waals surface area contributed by atoms with Crippen LogP contribution in [0, 0.1) is 0 Å². The van der Waals surface area contributed by atoms with Crippen molar-refractivity contribution in [2.45, 2.75) is 45.2 Å². The minimum atomic E-state index is -0.0693. The molecular formula is C19H26N4O. The number of H-pyrrole nitrogens is 1. The molecule has 5 nitrogen and oxygen atoms in total. The van der Waals surface area contributed by atoms with Crippen LogP contribution < -0.4 is 5.32 Å². The Morgan fingerprint density at radius 1 is 1.38 bits per heavy atom. The summed E-state index contributed by atoms with van der Waals surface area (Å²) in [7, 11) is 0. The normalized spacial score (nSPS) is 18.5. The fourth-order valence-corrected chi connectivity index (χ4v) is 3.29. The molecule has 1 fully saturated rings. The van der Waals surface area contributed by atoms with Gasteiger partial charge in [0, 0.05) is 24.8 Å². The third-order valence-corrected chi connectivity index (χ3v) is 4.47. The van der Waals surface area contributed by atoms with Gasteiger partial charge in [0.15, 0.2) is 0 Å². The highest BCUT2D eigenvalue weighted by molar-refractivity contribution is 5.92. The van der Waals surface area contributed by atoms with Gasteiger partial charge < -0.3 is 5.32 Å². The molecular weight excluding hydrogens is 300 g/mol. The predicted octanol–water partition coefficient (Wildman–Crippen LogP) is 2.76. The van der Waals surface area contributed by atoms with Crippen molar-refractivity contribution in [1.29, 1.82) is 0 Å². The van der Waals surface area contributed by atoms with E-state index in [9.17, 15) is 4.79 Å². The highest BCUT2D eigenvalue weighted by atomic mass is 16.2. The van der Waals surface area contributed by atoms with Crippen molar-refractivity contribution in [3.05, 3.63) is 53.3 Å². The van der Waals surface area contributed by atoms with Gasteiger partial charge in [-0.2, -0.15) is 5.10 Å². The Morgan fingerprint density at radius 2 is 2.21 bits per heavy atom. The van der Waals surface area contributed by atoms with Crippen molar-refractivity contribution in [3.8, 4) is 0 Å². The van der Waals surface area contributed by atoms with Crippen LogP contribution in [-0.4, -0.2) is 40.1 Å². The summed E-state index contributed by atoms with van der Waals surface area (Å²) in [4.78, 5) is 14.8. The van der Waals surface area contributed by atoms with Gasteiger partial charge in [-0.15, -0.1) is 0 Å². The van der Waals surface area contributed by atoms with Gasteiger partial charge in [0.05, 0.1) is 0 Å². The molecule has 0 aliphatic carbocycles. The number of aryl methyl sites for hydroxylation is 1. The lowest BCUT2D eigenvalue weighted by atomic mass is 10.0. The standard InChI is InChI=1S/C19H26N4O/c1-2-7-16-12-18(22-21-16)19(24)20-17-10-6-11-23(14-17)13-15-8-4-3-5-9-15/h3-5,8-9,12,17H,2,6-7,10-11,13-14H2,1H3,(H,20,24)(H,21,22). The summed E-state index contributed by atoms with van der Waals surface area (Å²) in [5, 5.41) is 10.2. The largest absolute Gasteiger partial charge is 0.347 e. The Balaban J connectivity index is 1.53. The van der Waals surface area contributed by atoms with Gasteiger partial charge in [0.2, 0.25) is 0 Å². The molecule has 0 bridgehead atoms. The summed E-state index contributed by atoms with van der Waals surface area (Å²) >= 11 is 0. The van der Waals surface area contributed by atoms with Gasteiger partial charge in [-0.3, -0.25) is 14.8 Å². The molecule has 1 atom stereocenters. The zero-order valence-corrected chi connectivity index (χ0v) is 14.3. The molecule has 2 aromatic rings. The second kappa shape index (κ2) is 8.11. The Bertz CT molecular complexity index is 652. The fraction of sp³-hybridized carbons (Fsp3) is 0.474. The first kappa shape index (κ1) is 16.7. The number of benzene rings is 1. The van der Waals surface area contributed by atoms with Crippen molar-refractivity contribution in [2.24, 2.45) is 0 Å². The van der Waals surface area contributed by atoms with Crippen LogP contribution in [-0.2, 0) is 13.0 Å². The van der Waals surface area contributed by atoms with E-state index in [1.165, 1.54) is 5.56 Å². The number of rotatable bonds is 6. The molecule has 2 N–H and O–H groups in total. The molecule has 3 rings (SSSR count). The molecule has 1 saturated heterocycles. The van der Waals surface area contributed by atoms with Crippen LogP contribution in [0.4, 0.5) is 0 Å². The number of amides is 1. The monoisotopic (exact) mass is 326 g/mol. The number of likely N-dealkylation sites (tertiary alicyclic amines) is 1. The molecule has 1 amide bonds. The van der Waals surface area contributed by atoms with Crippen molar-refractivity contribution in [2.75, 3.05) is 13.1 Å². The summed E-state index contributed by atoms with van der Waals surface area (Å²) < 4.78 is 0. The molecule has 24 heavy (non-hydrogen) atoms. The van der Waals surface area contributed by atoms with E-state index >= 15 is 0 Å². The first-order valence-corrected chi connectivity index (χ1v) is 8.86. The number of aromatic amines is 1. The highest BCUT2D eigenvalue weighted by Crippen LogP contribution is 2.14. The van der Waals surface area contributed by atoms with E-state index in [2.05, 4.69) is 51.6 Å². The van der Waals surface area contributed by atoms with E-state index in [0.717, 1.165) is 51.0 Å². The molecule has 0 radical (unpaired) electrons. The molecule has 1 aliphatic heterocycles. The van der Waals surface area contributed by atoms with E-state index in [-0.39, 0.29) is 11.9 Å². The molecule has 2 heterocycles. The van der Waals surface area contributed by atoms with Gasteiger partial charge in [0.25, 0.3) is 5.91 Å². The SMILES string of the molecule is CCCc1cc(C(=O)NC2CCCN(Cc3ccccc3)C2)n[nH]1. The quantitative estimate of drug-likeness (QED) is 0.858. The Hall–Kier alpha value is -2.14. The zero-order chi connectivity index (χ0) is 16.8. The van der Waals surface area contributed by atoms with E-state index in [0.29, 0.717) is 5.69 Å². The number of hydrogen-bond donors (Lipinski definition) is 2. The van der Waals surface area contributed by atoms with Gasteiger partial charge in [-0.1, -0.05) is 43.7 Å². The van der Waals surface area contributed by atoms with Gasteiger partial charge >= 0.3 is 0 Å². The Morgan fingerprint density at radius 3 is 3.00 bits per heavy atom. The number of hydrogen-bond acceptors (Lipinski definition) is 3. The van der Waals surface area contributed by atoms with Crippen LogP contribution in [0.1, 0.15) is 47.9 Å². The van der Waals surface area contributed by atoms with Crippen LogP contribution in [0.15, 0.2) is 36.4 Å². The molecule has 1 aromatic heterocycles. The maximum Gasteiger partial charge on any atom is 0.272 e. The summed E-state index contributed by atoms with van der Waals surface area (Å²) in [5.41, 5.74) is 2.84. The molecule has 128 valence electrons. The lowest BCUT2D eigenvalue weighted by Gasteiger charge is -2.33. The molecule has 0 spiro atoms. The lowest BCUT2D eigenvalue weighted by molar-refractivity contribution is 0.0895. The second-order valence-corrected chi connectivity index (χ2v) is 6.56.